The number of nitrogen functional groups attached to an aromatic ring is 1. The van der Waals surface area contributed by atoms with Gasteiger partial charge in [-0.25, -0.2) is 0 Å². The summed E-state index contributed by atoms with van der Waals surface area (Å²) in [6, 6.07) is 10.0. The summed E-state index contributed by atoms with van der Waals surface area (Å²) >= 11 is 3.50. The highest BCUT2D eigenvalue weighted by Crippen LogP contribution is 2.34. The molecule has 30 heavy (non-hydrogen) atoms. The average Bonchev–Trinajstić information content (AvgIpc) is 3.20. The number of rotatable bonds is 4. The summed E-state index contributed by atoms with van der Waals surface area (Å²) in [6.45, 7) is 0.527. The van der Waals surface area contributed by atoms with E-state index < -0.39 is 10.8 Å². The summed E-state index contributed by atoms with van der Waals surface area (Å²) in [7, 11) is -0.683. The molecule has 7 nitrogen and oxygen atoms in total. The molecule has 4 heterocycles. The standard InChI is InChI=1S/C21H20BrN5O2S/c22-18-19(23)27-20(26-21(18)29-12-13-5-7-30(28)8-6-13)16(11-25-27)15-9-14-3-1-2-4-17(14)24-10-15/h1-4,9-11,13H,5-8,12,23H2. The molecule has 1 fully saturated rings. The summed E-state index contributed by atoms with van der Waals surface area (Å²) in [5, 5.41) is 5.46. The molecule has 0 spiro atoms. The van der Waals surface area contributed by atoms with Gasteiger partial charge in [-0.1, -0.05) is 18.2 Å². The van der Waals surface area contributed by atoms with Crippen LogP contribution in [-0.2, 0) is 10.8 Å². The van der Waals surface area contributed by atoms with E-state index in [1.54, 1.807) is 10.7 Å². The van der Waals surface area contributed by atoms with Crippen LogP contribution in [0.15, 0.2) is 47.2 Å². The van der Waals surface area contributed by atoms with E-state index in [1.807, 2.05) is 30.5 Å². The first-order valence-electron chi connectivity index (χ1n) is 9.76. The number of ether oxygens (including phenoxy) is 1. The molecule has 1 aliphatic rings. The molecule has 154 valence electrons. The lowest BCUT2D eigenvalue weighted by atomic mass is 10.0. The first kappa shape index (κ1) is 19.4. The van der Waals surface area contributed by atoms with Crippen LogP contribution in [0.5, 0.6) is 5.88 Å². The number of anilines is 1. The zero-order valence-corrected chi connectivity index (χ0v) is 18.5. The van der Waals surface area contributed by atoms with Gasteiger partial charge >= 0.3 is 0 Å². The van der Waals surface area contributed by atoms with Crippen molar-refractivity contribution >= 4 is 49.1 Å². The molecule has 0 radical (unpaired) electrons. The second kappa shape index (κ2) is 7.96. The highest BCUT2D eigenvalue weighted by atomic mass is 79.9. The Balaban J connectivity index is 1.50. The zero-order valence-electron chi connectivity index (χ0n) is 16.1. The molecule has 0 unspecified atom stereocenters. The third-order valence-corrected chi connectivity index (χ3v) is 7.58. The van der Waals surface area contributed by atoms with E-state index in [0.717, 1.165) is 46.4 Å². The summed E-state index contributed by atoms with van der Waals surface area (Å²) in [5.74, 6) is 2.74. The lowest BCUT2D eigenvalue weighted by Gasteiger charge is -2.21. The number of hydrogen-bond acceptors (Lipinski definition) is 6. The molecule has 1 saturated heterocycles. The maximum absolute atomic E-state index is 11.6. The van der Waals surface area contributed by atoms with Gasteiger partial charge in [0.05, 0.1) is 18.3 Å². The number of hydrogen-bond donors (Lipinski definition) is 1. The number of nitrogens with two attached hydrogens (primary N) is 1. The Labute approximate surface area is 184 Å². The van der Waals surface area contributed by atoms with E-state index in [2.05, 4.69) is 32.1 Å². The monoisotopic (exact) mass is 485 g/mol. The summed E-state index contributed by atoms with van der Waals surface area (Å²) in [5.41, 5.74) is 9.61. The van der Waals surface area contributed by atoms with Crippen LogP contribution < -0.4 is 10.5 Å². The van der Waals surface area contributed by atoms with Gasteiger partial charge in [-0.05, 0) is 46.8 Å². The molecule has 1 aliphatic heterocycles. The van der Waals surface area contributed by atoms with Gasteiger partial charge in [-0.15, -0.1) is 0 Å². The van der Waals surface area contributed by atoms with Crippen LogP contribution >= 0.6 is 15.9 Å². The number of para-hydroxylation sites is 1. The maximum Gasteiger partial charge on any atom is 0.233 e. The minimum atomic E-state index is -0.683. The second-order valence-electron chi connectivity index (χ2n) is 7.43. The fourth-order valence-corrected chi connectivity index (χ4v) is 5.47. The first-order chi connectivity index (χ1) is 14.6. The van der Waals surface area contributed by atoms with Crippen LogP contribution in [-0.4, -0.2) is 41.9 Å². The van der Waals surface area contributed by atoms with Gasteiger partial charge in [-0.2, -0.15) is 14.6 Å². The fourth-order valence-electron chi connectivity index (χ4n) is 3.70. The molecule has 9 heteroatoms. The number of fused-ring (bicyclic) bond motifs is 2. The summed E-state index contributed by atoms with van der Waals surface area (Å²) in [6.07, 6.45) is 5.38. The van der Waals surface area contributed by atoms with E-state index in [-0.39, 0.29) is 0 Å². The molecule has 0 saturated carbocycles. The largest absolute Gasteiger partial charge is 0.476 e. The molecule has 0 amide bonds. The lowest BCUT2D eigenvalue weighted by Crippen LogP contribution is -2.23. The number of pyridine rings is 1. The number of halogens is 1. The Bertz CT molecular complexity index is 1270. The van der Waals surface area contributed by atoms with Gasteiger partial charge in [0, 0.05) is 45.0 Å². The minimum Gasteiger partial charge on any atom is -0.476 e. The van der Waals surface area contributed by atoms with Crippen LogP contribution in [0.3, 0.4) is 0 Å². The van der Waals surface area contributed by atoms with E-state index in [0.29, 0.717) is 34.3 Å². The SMILES string of the molecule is Nc1c(Br)c(OCC2CCS(=O)CC2)nc2c(-c3cnc4ccccc4c3)cnn12. The Morgan fingerprint density at radius 1 is 1.23 bits per heavy atom. The third-order valence-electron chi connectivity index (χ3n) is 5.46. The van der Waals surface area contributed by atoms with Crippen LogP contribution in [0.2, 0.25) is 0 Å². The number of benzene rings is 1. The van der Waals surface area contributed by atoms with Crippen molar-refractivity contribution in [1.29, 1.82) is 0 Å². The zero-order chi connectivity index (χ0) is 20.7. The van der Waals surface area contributed by atoms with Crippen molar-refractivity contribution in [1.82, 2.24) is 19.6 Å². The van der Waals surface area contributed by atoms with Gasteiger partial charge < -0.3 is 10.5 Å². The Morgan fingerprint density at radius 2 is 2.03 bits per heavy atom. The smallest absolute Gasteiger partial charge is 0.233 e. The summed E-state index contributed by atoms with van der Waals surface area (Å²) in [4.78, 5) is 9.26. The predicted molar refractivity (Wildman–Crippen MR) is 122 cm³/mol. The van der Waals surface area contributed by atoms with Crippen molar-refractivity contribution in [2.45, 2.75) is 12.8 Å². The van der Waals surface area contributed by atoms with Crippen LogP contribution in [0, 0.1) is 5.92 Å². The maximum atomic E-state index is 11.6. The highest BCUT2D eigenvalue weighted by molar-refractivity contribution is 9.10. The molecule has 4 aromatic rings. The molecule has 0 bridgehead atoms. The first-order valence-corrected chi connectivity index (χ1v) is 12.0. The van der Waals surface area contributed by atoms with Crippen LogP contribution in [0.25, 0.3) is 27.7 Å². The van der Waals surface area contributed by atoms with Gasteiger partial charge in [-0.3, -0.25) is 9.19 Å². The highest BCUT2D eigenvalue weighted by Gasteiger charge is 2.21. The lowest BCUT2D eigenvalue weighted by molar-refractivity contribution is 0.230. The van der Waals surface area contributed by atoms with E-state index in [9.17, 15) is 4.21 Å². The molecule has 1 aromatic carbocycles. The van der Waals surface area contributed by atoms with E-state index >= 15 is 0 Å². The minimum absolute atomic E-state index is 0.378. The Morgan fingerprint density at radius 3 is 2.87 bits per heavy atom. The van der Waals surface area contributed by atoms with Crippen LogP contribution in [0.1, 0.15) is 12.8 Å². The Kier molecular flexibility index (Phi) is 5.16. The van der Waals surface area contributed by atoms with E-state index in [1.165, 1.54) is 0 Å². The van der Waals surface area contributed by atoms with Crippen molar-refractivity contribution in [3.05, 3.63) is 47.2 Å². The van der Waals surface area contributed by atoms with E-state index in [4.69, 9.17) is 15.5 Å². The van der Waals surface area contributed by atoms with Gasteiger partial charge in [0.2, 0.25) is 5.88 Å². The summed E-state index contributed by atoms with van der Waals surface area (Å²) < 4.78 is 19.8. The second-order valence-corrected chi connectivity index (χ2v) is 9.92. The molecule has 5 rings (SSSR count). The molecule has 0 atom stereocenters. The molecule has 2 N–H and O–H groups in total. The van der Waals surface area contributed by atoms with Gasteiger partial charge in [0.25, 0.3) is 0 Å². The van der Waals surface area contributed by atoms with Crippen molar-refractivity contribution in [3.8, 4) is 17.0 Å². The van der Waals surface area contributed by atoms with Gasteiger partial charge in [0.15, 0.2) is 5.65 Å². The third kappa shape index (κ3) is 3.56. The van der Waals surface area contributed by atoms with Gasteiger partial charge in [0.1, 0.15) is 10.3 Å². The van der Waals surface area contributed by atoms with Crippen molar-refractivity contribution < 1.29 is 8.95 Å². The van der Waals surface area contributed by atoms with Crippen LogP contribution in [0.4, 0.5) is 5.82 Å². The number of aromatic nitrogens is 4. The molecular weight excluding hydrogens is 466 g/mol. The molecule has 3 aromatic heterocycles. The van der Waals surface area contributed by atoms with Crippen molar-refractivity contribution in [2.24, 2.45) is 5.92 Å². The molecule has 0 aliphatic carbocycles. The fraction of sp³-hybridized carbons (Fsp3) is 0.286. The van der Waals surface area contributed by atoms with Crippen molar-refractivity contribution in [2.75, 3.05) is 23.8 Å². The predicted octanol–water partition coefficient (Wildman–Crippen LogP) is 3.83. The Hall–Kier alpha value is -2.52. The normalized spacial score (nSPS) is 19.4. The topological polar surface area (TPSA) is 95.4 Å². The quantitative estimate of drug-likeness (QED) is 0.471. The average molecular weight is 486 g/mol. The van der Waals surface area contributed by atoms with Crippen molar-refractivity contribution in [3.63, 3.8) is 0 Å². The number of nitrogens with zero attached hydrogens (tertiary/aromatic N) is 4. The molecular formula is C21H20BrN5O2S.